The third-order valence-electron chi connectivity index (χ3n) is 6.39. The number of rotatable bonds is 6. The normalized spacial score (nSPS) is 18.6. The average molecular weight is 459 g/mol. The quantitative estimate of drug-likeness (QED) is 0.611. The smallest absolute Gasteiger partial charge is 0.254 e. The summed E-state index contributed by atoms with van der Waals surface area (Å²) < 4.78 is 16.2. The first-order valence-corrected chi connectivity index (χ1v) is 11.3. The molecule has 0 aromatic heterocycles. The van der Waals surface area contributed by atoms with Gasteiger partial charge in [-0.2, -0.15) is 0 Å². The van der Waals surface area contributed by atoms with Crippen molar-refractivity contribution in [1.82, 2.24) is 10.2 Å². The first-order chi connectivity index (χ1) is 16.6. The molecular weight excluding hydrogens is 432 g/mol. The molecule has 2 aliphatic heterocycles. The SMILES string of the molecule is COc1cccc(C2CN(C(=O)c3ccc4c(c3)OCO4)CC2C(=O)NCc2ccccc2)c1. The predicted octanol–water partition coefficient (Wildman–Crippen LogP) is 3.60. The van der Waals surface area contributed by atoms with E-state index in [9.17, 15) is 9.59 Å². The van der Waals surface area contributed by atoms with Crippen LogP contribution in [0.25, 0.3) is 0 Å². The van der Waals surface area contributed by atoms with Crippen LogP contribution < -0.4 is 19.5 Å². The lowest BCUT2D eigenvalue weighted by atomic mass is 9.88. The molecule has 7 nitrogen and oxygen atoms in total. The highest BCUT2D eigenvalue weighted by atomic mass is 16.7. The summed E-state index contributed by atoms with van der Waals surface area (Å²) >= 11 is 0. The van der Waals surface area contributed by atoms with Crippen LogP contribution in [-0.4, -0.2) is 43.7 Å². The average Bonchev–Trinajstić information content (AvgIpc) is 3.54. The maximum Gasteiger partial charge on any atom is 0.254 e. The van der Waals surface area contributed by atoms with E-state index in [0.29, 0.717) is 36.7 Å². The number of benzene rings is 3. The topological polar surface area (TPSA) is 77.1 Å². The second-order valence-corrected chi connectivity index (χ2v) is 8.47. The molecule has 2 unspecified atom stereocenters. The Balaban J connectivity index is 1.38. The standard InChI is InChI=1S/C27H26N2O5/c1-32-21-9-5-8-19(12-21)22-15-29(27(31)20-10-11-24-25(13-20)34-17-33-24)16-23(22)26(30)28-14-18-6-3-2-4-7-18/h2-13,22-23H,14-17H2,1H3,(H,28,30). The Kier molecular flexibility index (Phi) is 6.08. The summed E-state index contributed by atoms with van der Waals surface area (Å²) in [5.41, 5.74) is 2.51. The first-order valence-electron chi connectivity index (χ1n) is 11.3. The molecule has 0 bridgehead atoms. The number of nitrogens with zero attached hydrogens (tertiary/aromatic N) is 1. The number of methoxy groups -OCH3 is 1. The minimum Gasteiger partial charge on any atom is -0.497 e. The number of hydrogen-bond donors (Lipinski definition) is 1. The van der Waals surface area contributed by atoms with Gasteiger partial charge in [0, 0.05) is 31.1 Å². The third-order valence-corrected chi connectivity index (χ3v) is 6.39. The second-order valence-electron chi connectivity index (χ2n) is 8.47. The Morgan fingerprint density at radius 2 is 1.79 bits per heavy atom. The molecule has 1 N–H and O–H groups in total. The van der Waals surface area contributed by atoms with Crippen LogP contribution >= 0.6 is 0 Å². The molecule has 34 heavy (non-hydrogen) atoms. The molecule has 0 spiro atoms. The Labute approximate surface area is 198 Å². The summed E-state index contributed by atoms with van der Waals surface area (Å²) in [5.74, 6) is 1.18. The van der Waals surface area contributed by atoms with Crippen molar-refractivity contribution in [3.05, 3.63) is 89.5 Å². The number of hydrogen-bond acceptors (Lipinski definition) is 5. The molecule has 0 aliphatic carbocycles. The highest BCUT2D eigenvalue weighted by Gasteiger charge is 2.41. The molecule has 1 fully saturated rings. The number of likely N-dealkylation sites (tertiary alicyclic amines) is 1. The molecule has 5 rings (SSSR count). The van der Waals surface area contributed by atoms with Gasteiger partial charge in [0.25, 0.3) is 5.91 Å². The highest BCUT2D eigenvalue weighted by Crippen LogP contribution is 2.37. The van der Waals surface area contributed by atoms with Crippen molar-refractivity contribution in [2.24, 2.45) is 5.92 Å². The number of ether oxygens (including phenoxy) is 3. The van der Waals surface area contributed by atoms with E-state index in [4.69, 9.17) is 14.2 Å². The van der Waals surface area contributed by atoms with Crippen LogP contribution in [0, 0.1) is 5.92 Å². The Bertz CT molecular complexity index is 1200. The van der Waals surface area contributed by atoms with Crippen LogP contribution in [0.2, 0.25) is 0 Å². The molecule has 1 saturated heterocycles. The molecule has 0 saturated carbocycles. The molecule has 7 heteroatoms. The van der Waals surface area contributed by atoms with Gasteiger partial charge in [-0.05, 0) is 41.5 Å². The van der Waals surface area contributed by atoms with Crippen LogP contribution in [0.1, 0.15) is 27.4 Å². The molecule has 2 atom stereocenters. The zero-order valence-electron chi connectivity index (χ0n) is 18.9. The first kappa shape index (κ1) is 21.8. The van der Waals surface area contributed by atoms with E-state index in [0.717, 1.165) is 16.9 Å². The highest BCUT2D eigenvalue weighted by molar-refractivity contribution is 5.96. The summed E-state index contributed by atoms with van der Waals surface area (Å²) in [6.07, 6.45) is 0. The predicted molar refractivity (Wildman–Crippen MR) is 126 cm³/mol. The zero-order valence-corrected chi connectivity index (χ0v) is 18.9. The summed E-state index contributed by atoms with van der Waals surface area (Å²) in [7, 11) is 1.62. The van der Waals surface area contributed by atoms with Crippen LogP contribution in [0.15, 0.2) is 72.8 Å². The van der Waals surface area contributed by atoms with Crippen LogP contribution in [0.5, 0.6) is 17.2 Å². The van der Waals surface area contributed by atoms with Crippen LogP contribution in [0.4, 0.5) is 0 Å². The lowest BCUT2D eigenvalue weighted by molar-refractivity contribution is -0.125. The largest absolute Gasteiger partial charge is 0.497 e. The van der Waals surface area contributed by atoms with Crippen molar-refractivity contribution in [3.8, 4) is 17.2 Å². The van der Waals surface area contributed by atoms with Crippen molar-refractivity contribution < 1.29 is 23.8 Å². The van der Waals surface area contributed by atoms with Gasteiger partial charge < -0.3 is 24.4 Å². The molecule has 174 valence electrons. The van der Waals surface area contributed by atoms with Crippen molar-refractivity contribution in [3.63, 3.8) is 0 Å². The van der Waals surface area contributed by atoms with E-state index in [1.54, 1.807) is 30.2 Å². The number of amides is 2. The van der Waals surface area contributed by atoms with Gasteiger partial charge in [-0.15, -0.1) is 0 Å². The number of fused-ring (bicyclic) bond motifs is 1. The zero-order chi connectivity index (χ0) is 23.5. The lowest BCUT2D eigenvalue weighted by Gasteiger charge is -2.18. The van der Waals surface area contributed by atoms with Gasteiger partial charge in [-0.25, -0.2) is 0 Å². The summed E-state index contributed by atoms with van der Waals surface area (Å²) in [4.78, 5) is 28.4. The maximum atomic E-state index is 13.4. The van der Waals surface area contributed by atoms with Crippen molar-refractivity contribution in [1.29, 1.82) is 0 Å². The Morgan fingerprint density at radius 1 is 0.971 bits per heavy atom. The minimum atomic E-state index is -0.381. The summed E-state index contributed by atoms with van der Waals surface area (Å²) in [5, 5.41) is 3.06. The van der Waals surface area contributed by atoms with Crippen molar-refractivity contribution in [2.75, 3.05) is 27.0 Å². The van der Waals surface area contributed by atoms with Gasteiger partial charge in [0.15, 0.2) is 11.5 Å². The number of nitrogens with one attached hydrogen (secondary N) is 1. The van der Waals surface area contributed by atoms with Gasteiger partial charge in [0.2, 0.25) is 12.7 Å². The molecular formula is C27H26N2O5. The van der Waals surface area contributed by atoms with Crippen LogP contribution in [-0.2, 0) is 11.3 Å². The van der Waals surface area contributed by atoms with E-state index in [-0.39, 0.29) is 30.4 Å². The maximum absolute atomic E-state index is 13.4. The Morgan fingerprint density at radius 3 is 2.62 bits per heavy atom. The monoisotopic (exact) mass is 458 g/mol. The van der Waals surface area contributed by atoms with Gasteiger partial charge in [0.05, 0.1) is 13.0 Å². The summed E-state index contributed by atoms with van der Waals surface area (Å²) in [6.45, 7) is 1.36. The molecule has 3 aromatic rings. The second kappa shape index (κ2) is 9.47. The fourth-order valence-electron chi connectivity index (χ4n) is 4.57. The molecule has 2 amide bonds. The molecule has 3 aromatic carbocycles. The van der Waals surface area contributed by atoms with Gasteiger partial charge in [-0.3, -0.25) is 9.59 Å². The van der Waals surface area contributed by atoms with Gasteiger partial charge in [0.1, 0.15) is 5.75 Å². The molecule has 2 aliphatic rings. The van der Waals surface area contributed by atoms with E-state index < -0.39 is 0 Å². The molecule has 2 heterocycles. The number of carbonyl (C=O) groups excluding carboxylic acids is 2. The van der Waals surface area contributed by atoms with Crippen LogP contribution in [0.3, 0.4) is 0 Å². The lowest BCUT2D eigenvalue weighted by Crippen LogP contribution is -2.35. The fourth-order valence-corrected chi connectivity index (χ4v) is 4.57. The van der Waals surface area contributed by atoms with E-state index in [2.05, 4.69) is 5.32 Å². The summed E-state index contributed by atoms with van der Waals surface area (Å²) in [6, 6.07) is 22.7. The number of carbonyl (C=O) groups is 2. The van der Waals surface area contributed by atoms with Gasteiger partial charge in [-0.1, -0.05) is 42.5 Å². The fraction of sp³-hybridized carbons (Fsp3) is 0.259. The van der Waals surface area contributed by atoms with Crippen molar-refractivity contribution in [2.45, 2.75) is 12.5 Å². The van der Waals surface area contributed by atoms with Gasteiger partial charge >= 0.3 is 0 Å². The van der Waals surface area contributed by atoms with E-state index in [1.165, 1.54) is 0 Å². The van der Waals surface area contributed by atoms with E-state index in [1.807, 2.05) is 54.6 Å². The third kappa shape index (κ3) is 4.41. The molecule has 0 radical (unpaired) electrons. The Hall–Kier alpha value is -4.00. The minimum absolute atomic E-state index is 0.0716. The van der Waals surface area contributed by atoms with Crippen molar-refractivity contribution >= 4 is 11.8 Å². The van der Waals surface area contributed by atoms with E-state index >= 15 is 0 Å².